The quantitative estimate of drug-likeness (QED) is 0.240. The average molecular weight is 401 g/mol. The van der Waals surface area contributed by atoms with E-state index in [1.807, 2.05) is 18.2 Å². The van der Waals surface area contributed by atoms with Crippen LogP contribution in [0.5, 0.6) is 0 Å². The Hall–Kier alpha value is -1.18. The number of hydrogen-bond donors (Lipinski definition) is 0. The van der Waals surface area contributed by atoms with Crippen LogP contribution in [0, 0.1) is 27.9 Å². The molecule has 5 nitrogen and oxygen atoms in total. The molecule has 0 radical (unpaired) electrons. The van der Waals surface area contributed by atoms with Gasteiger partial charge in [-0.05, 0) is 24.5 Å². The first-order chi connectivity index (χ1) is 10.0. The van der Waals surface area contributed by atoms with E-state index in [1.165, 1.54) is 0 Å². The molecule has 1 fully saturated rings. The van der Waals surface area contributed by atoms with Gasteiger partial charge in [-0.2, -0.15) is 0 Å². The maximum Gasteiger partial charge on any atom is 0.310 e. The Morgan fingerprint density at radius 1 is 1.57 bits per heavy atom. The lowest BCUT2D eigenvalue weighted by Gasteiger charge is -2.28. The molecule has 3 rings (SSSR count). The van der Waals surface area contributed by atoms with Gasteiger partial charge in [0.15, 0.2) is 0 Å². The van der Waals surface area contributed by atoms with Gasteiger partial charge in [0.2, 0.25) is 6.04 Å². The standard InChI is InChI=1S/C15H16INO4/c1-2-21-15(18)12-7-11-10(13(12)16)6-8-4-3-5-9(8)14(11)17(19)20/h3-6,9,11-14H,2,7H2,1H3. The highest BCUT2D eigenvalue weighted by Gasteiger charge is 2.54. The van der Waals surface area contributed by atoms with E-state index in [4.69, 9.17) is 4.74 Å². The molecular weight excluding hydrogens is 385 g/mol. The molecule has 0 aromatic heterocycles. The molecule has 0 spiro atoms. The molecule has 1 saturated carbocycles. The number of allylic oxidation sites excluding steroid dienone is 3. The van der Waals surface area contributed by atoms with E-state index in [0.29, 0.717) is 13.0 Å². The van der Waals surface area contributed by atoms with Crippen molar-refractivity contribution < 1.29 is 14.5 Å². The van der Waals surface area contributed by atoms with Crippen LogP contribution in [0.25, 0.3) is 0 Å². The van der Waals surface area contributed by atoms with Crippen molar-refractivity contribution in [3.8, 4) is 0 Å². The van der Waals surface area contributed by atoms with Crippen molar-refractivity contribution in [2.45, 2.75) is 23.3 Å². The summed E-state index contributed by atoms with van der Waals surface area (Å²) in [6.07, 6.45) is 8.30. The monoisotopic (exact) mass is 401 g/mol. The molecule has 0 heterocycles. The second-order valence-corrected chi connectivity index (χ2v) is 6.94. The number of hydrogen-bond acceptors (Lipinski definition) is 4. The Kier molecular flexibility index (Phi) is 3.90. The summed E-state index contributed by atoms with van der Waals surface area (Å²) in [6, 6.07) is -0.660. The minimum atomic E-state index is -0.660. The van der Waals surface area contributed by atoms with Crippen LogP contribution in [0.1, 0.15) is 13.3 Å². The lowest BCUT2D eigenvalue weighted by molar-refractivity contribution is -0.536. The highest BCUT2D eigenvalue weighted by atomic mass is 127. The van der Waals surface area contributed by atoms with Gasteiger partial charge in [0, 0.05) is 8.85 Å². The second kappa shape index (κ2) is 5.55. The average Bonchev–Trinajstić information content (AvgIpc) is 3.01. The van der Waals surface area contributed by atoms with Crippen LogP contribution < -0.4 is 0 Å². The van der Waals surface area contributed by atoms with Gasteiger partial charge in [0.25, 0.3) is 0 Å². The zero-order valence-corrected chi connectivity index (χ0v) is 13.7. The van der Waals surface area contributed by atoms with E-state index in [9.17, 15) is 14.9 Å². The minimum absolute atomic E-state index is 0.0171. The van der Waals surface area contributed by atoms with Gasteiger partial charge in [-0.1, -0.05) is 46.9 Å². The highest BCUT2D eigenvalue weighted by molar-refractivity contribution is 14.1. The third kappa shape index (κ3) is 2.33. The number of fused-ring (bicyclic) bond motifs is 2. The first kappa shape index (κ1) is 14.7. The topological polar surface area (TPSA) is 69.4 Å². The summed E-state index contributed by atoms with van der Waals surface area (Å²) in [7, 11) is 0. The molecule has 6 heteroatoms. The van der Waals surface area contributed by atoms with Gasteiger partial charge in [-0.15, -0.1) is 0 Å². The number of esters is 1. The smallest absolute Gasteiger partial charge is 0.310 e. The number of nitrogens with zero attached hydrogens (tertiary/aromatic N) is 1. The third-order valence-electron chi connectivity index (χ3n) is 4.55. The summed E-state index contributed by atoms with van der Waals surface area (Å²) >= 11 is 2.23. The van der Waals surface area contributed by atoms with E-state index in [-0.39, 0.29) is 32.6 Å². The first-order valence-electron chi connectivity index (χ1n) is 7.08. The highest BCUT2D eigenvalue weighted by Crippen LogP contribution is 2.50. The third-order valence-corrected chi connectivity index (χ3v) is 6.13. The molecule has 0 aliphatic heterocycles. The van der Waals surface area contributed by atoms with Crippen molar-refractivity contribution in [2.75, 3.05) is 6.61 Å². The van der Waals surface area contributed by atoms with Crippen LogP contribution in [0.15, 0.2) is 35.5 Å². The molecule has 0 bridgehead atoms. The van der Waals surface area contributed by atoms with E-state index in [1.54, 1.807) is 6.92 Å². The van der Waals surface area contributed by atoms with Gasteiger partial charge < -0.3 is 4.74 Å². The molecule has 5 unspecified atom stereocenters. The molecule has 3 aliphatic rings. The van der Waals surface area contributed by atoms with Crippen molar-refractivity contribution in [3.63, 3.8) is 0 Å². The molecule has 0 aromatic carbocycles. The Labute approximate surface area is 136 Å². The lowest BCUT2D eigenvalue weighted by Crippen LogP contribution is -2.38. The molecule has 3 aliphatic carbocycles. The van der Waals surface area contributed by atoms with Crippen LogP contribution >= 0.6 is 22.6 Å². The lowest BCUT2D eigenvalue weighted by atomic mass is 9.77. The predicted octanol–water partition coefficient (Wildman–Crippen LogP) is 2.69. The number of carbonyl (C=O) groups excluding carboxylic acids is 1. The summed E-state index contributed by atoms with van der Waals surface area (Å²) < 4.78 is 5.11. The minimum Gasteiger partial charge on any atom is -0.466 e. The van der Waals surface area contributed by atoms with Crippen molar-refractivity contribution in [3.05, 3.63) is 45.6 Å². The fraction of sp³-hybridized carbons (Fsp3) is 0.533. The van der Waals surface area contributed by atoms with Crippen LogP contribution in [0.3, 0.4) is 0 Å². The second-order valence-electron chi connectivity index (χ2n) is 5.60. The number of rotatable bonds is 3. The van der Waals surface area contributed by atoms with Gasteiger partial charge >= 0.3 is 5.97 Å². The van der Waals surface area contributed by atoms with Gasteiger partial charge in [0.1, 0.15) is 0 Å². The van der Waals surface area contributed by atoms with E-state index in [0.717, 1.165) is 11.1 Å². The molecular formula is C15H16INO4. The predicted molar refractivity (Wildman–Crippen MR) is 85.6 cm³/mol. The van der Waals surface area contributed by atoms with E-state index < -0.39 is 6.04 Å². The molecule has 21 heavy (non-hydrogen) atoms. The van der Waals surface area contributed by atoms with Crippen LogP contribution in [-0.4, -0.2) is 27.5 Å². The fourth-order valence-corrected chi connectivity index (χ4v) is 4.87. The molecule has 0 amide bonds. The normalized spacial score (nSPS) is 36.6. The van der Waals surface area contributed by atoms with Gasteiger partial charge in [-0.25, -0.2) is 0 Å². The summed E-state index contributed by atoms with van der Waals surface area (Å²) in [5.41, 5.74) is 2.02. The van der Waals surface area contributed by atoms with Gasteiger partial charge in [-0.3, -0.25) is 14.9 Å². The summed E-state index contributed by atoms with van der Waals surface area (Å²) in [4.78, 5) is 23.4. The number of ether oxygens (including phenoxy) is 1. The first-order valence-corrected chi connectivity index (χ1v) is 8.33. The van der Waals surface area contributed by atoms with Crippen molar-refractivity contribution in [1.29, 1.82) is 0 Å². The Bertz CT molecular complexity index is 580. The van der Waals surface area contributed by atoms with Crippen molar-refractivity contribution in [1.82, 2.24) is 0 Å². The Morgan fingerprint density at radius 2 is 2.33 bits per heavy atom. The van der Waals surface area contributed by atoms with Gasteiger partial charge in [0.05, 0.1) is 24.4 Å². The molecule has 0 saturated heterocycles. The fourth-order valence-electron chi connectivity index (χ4n) is 3.64. The maximum atomic E-state index is 12.1. The Morgan fingerprint density at radius 3 is 3.00 bits per heavy atom. The van der Waals surface area contributed by atoms with Crippen LogP contribution in [0.2, 0.25) is 0 Å². The summed E-state index contributed by atoms with van der Waals surface area (Å²) in [6.45, 7) is 2.12. The van der Waals surface area contributed by atoms with Crippen LogP contribution in [0.4, 0.5) is 0 Å². The van der Waals surface area contributed by atoms with Crippen molar-refractivity contribution in [2.24, 2.45) is 17.8 Å². The summed E-state index contributed by atoms with van der Waals surface area (Å²) in [5, 5.41) is 11.5. The van der Waals surface area contributed by atoms with Crippen molar-refractivity contribution >= 4 is 28.6 Å². The molecule has 0 N–H and O–H groups in total. The molecule has 5 atom stereocenters. The number of halogens is 1. The summed E-state index contributed by atoms with van der Waals surface area (Å²) in [5.74, 6) is -0.823. The number of alkyl halides is 1. The zero-order valence-electron chi connectivity index (χ0n) is 11.6. The largest absolute Gasteiger partial charge is 0.466 e. The SMILES string of the molecule is CCOC(=O)C1CC2C(=CC3=CC=CC3C2[N+](=O)[O-])C1I. The number of nitro groups is 1. The Balaban J connectivity index is 1.95. The maximum absolute atomic E-state index is 12.1. The molecule has 112 valence electrons. The number of carbonyl (C=O) groups is 1. The van der Waals surface area contributed by atoms with E-state index >= 15 is 0 Å². The van der Waals surface area contributed by atoms with E-state index in [2.05, 4.69) is 28.7 Å². The molecule has 0 aromatic rings. The zero-order chi connectivity index (χ0) is 15.1. The van der Waals surface area contributed by atoms with Crippen LogP contribution in [-0.2, 0) is 9.53 Å².